The largest absolute Gasteiger partial charge is 0.316 e. The van der Waals surface area contributed by atoms with E-state index in [1.165, 1.54) is 51.6 Å². The molecule has 0 spiro atoms. The van der Waals surface area contributed by atoms with Gasteiger partial charge in [-0.2, -0.15) is 0 Å². The number of hydrogen-bond donors (Lipinski definition) is 1. The summed E-state index contributed by atoms with van der Waals surface area (Å²) >= 11 is 0. The summed E-state index contributed by atoms with van der Waals surface area (Å²) in [6.07, 6.45) is 8.57. The predicted octanol–water partition coefficient (Wildman–Crippen LogP) is 4.23. The van der Waals surface area contributed by atoms with Crippen molar-refractivity contribution in [1.82, 2.24) is 5.32 Å². The van der Waals surface area contributed by atoms with Crippen molar-refractivity contribution in [3.05, 3.63) is 0 Å². The van der Waals surface area contributed by atoms with Gasteiger partial charge in [-0.15, -0.1) is 0 Å². The van der Waals surface area contributed by atoms with Crippen molar-refractivity contribution in [2.45, 2.75) is 66.2 Å². The fraction of sp³-hybridized carbons (Fsp3) is 1.00. The Labute approximate surface area is 102 Å². The second-order valence-corrected chi connectivity index (χ2v) is 6.28. The van der Waals surface area contributed by atoms with E-state index in [9.17, 15) is 0 Å². The molecule has 0 amide bonds. The molecule has 1 aliphatic carbocycles. The van der Waals surface area contributed by atoms with E-state index in [0.29, 0.717) is 5.41 Å². The van der Waals surface area contributed by atoms with Gasteiger partial charge in [0.1, 0.15) is 0 Å². The first-order valence-electron chi connectivity index (χ1n) is 7.31. The highest BCUT2D eigenvalue weighted by Crippen LogP contribution is 2.45. The third kappa shape index (κ3) is 3.76. The van der Waals surface area contributed by atoms with Crippen LogP contribution in [0.2, 0.25) is 0 Å². The van der Waals surface area contributed by atoms with Gasteiger partial charge in [-0.1, -0.05) is 53.4 Å². The van der Waals surface area contributed by atoms with Gasteiger partial charge in [0.2, 0.25) is 0 Å². The van der Waals surface area contributed by atoms with Gasteiger partial charge in [-0.05, 0) is 36.6 Å². The molecule has 1 heteroatoms. The normalized spacial score (nSPS) is 21.6. The Morgan fingerprint density at radius 3 is 2.25 bits per heavy atom. The van der Waals surface area contributed by atoms with Crippen LogP contribution in [0.15, 0.2) is 0 Å². The first-order chi connectivity index (χ1) is 7.60. The van der Waals surface area contributed by atoms with Crippen LogP contribution in [0.5, 0.6) is 0 Å². The van der Waals surface area contributed by atoms with Crippen molar-refractivity contribution in [2.24, 2.45) is 17.3 Å². The average molecular weight is 225 g/mol. The Kier molecular flexibility index (Phi) is 5.82. The summed E-state index contributed by atoms with van der Waals surface area (Å²) in [5, 5.41) is 3.71. The minimum Gasteiger partial charge on any atom is -0.316 e. The summed E-state index contributed by atoms with van der Waals surface area (Å²) in [5.41, 5.74) is 0.630. The molecule has 96 valence electrons. The van der Waals surface area contributed by atoms with Crippen LogP contribution < -0.4 is 5.32 Å². The molecular weight excluding hydrogens is 194 g/mol. The van der Waals surface area contributed by atoms with E-state index >= 15 is 0 Å². The first-order valence-corrected chi connectivity index (χ1v) is 7.31. The van der Waals surface area contributed by atoms with Crippen LogP contribution in [0.3, 0.4) is 0 Å². The maximum Gasteiger partial charge on any atom is 0.00105 e. The second kappa shape index (κ2) is 6.64. The standard InChI is InChI=1S/C15H31N/c1-5-8-14(4)15(9-6-7-10-15)12-16-11-13(2)3/h13-14,16H,5-12H2,1-4H3. The third-order valence-electron chi connectivity index (χ3n) is 4.40. The van der Waals surface area contributed by atoms with E-state index in [0.717, 1.165) is 11.8 Å². The molecule has 0 aromatic carbocycles. The van der Waals surface area contributed by atoms with Gasteiger partial charge in [-0.25, -0.2) is 0 Å². The van der Waals surface area contributed by atoms with Gasteiger partial charge in [0.05, 0.1) is 0 Å². The van der Waals surface area contributed by atoms with Crippen molar-refractivity contribution in [2.75, 3.05) is 13.1 Å². The molecule has 0 saturated heterocycles. The van der Waals surface area contributed by atoms with E-state index in [4.69, 9.17) is 0 Å². The Balaban J connectivity index is 2.45. The van der Waals surface area contributed by atoms with E-state index in [2.05, 4.69) is 33.0 Å². The molecule has 0 aromatic rings. The molecule has 1 aliphatic rings. The van der Waals surface area contributed by atoms with Crippen molar-refractivity contribution in [3.8, 4) is 0 Å². The van der Waals surface area contributed by atoms with Crippen LogP contribution >= 0.6 is 0 Å². The predicted molar refractivity (Wildman–Crippen MR) is 72.7 cm³/mol. The van der Waals surface area contributed by atoms with Gasteiger partial charge >= 0.3 is 0 Å². The molecular formula is C15H31N. The lowest BCUT2D eigenvalue weighted by molar-refractivity contribution is 0.162. The molecule has 1 N–H and O–H groups in total. The van der Waals surface area contributed by atoms with Crippen LogP contribution in [0.25, 0.3) is 0 Å². The van der Waals surface area contributed by atoms with E-state index in [1.807, 2.05) is 0 Å². The maximum absolute atomic E-state index is 3.71. The highest BCUT2D eigenvalue weighted by molar-refractivity contribution is 4.90. The third-order valence-corrected chi connectivity index (χ3v) is 4.40. The molecule has 0 aliphatic heterocycles. The molecule has 0 radical (unpaired) electrons. The molecule has 1 atom stereocenters. The van der Waals surface area contributed by atoms with Gasteiger partial charge in [0.15, 0.2) is 0 Å². The fourth-order valence-corrected chi connectivity index (χ4v) is 3.27. The van der Waals surface area contributed by atoms with Crippen molar-refractivity contribution < 1.29 is 0 Å². The topological polar surface area (TPSA) is 12.0 Å². The summed E-state index contributed by atoms with van der Waals surface area (Å²) in [7, 11) is 0. The zero-order valence-corrected chi connectivity index (χ0v) is 11.8. The van der Waals surface area contributed by atoms with Crippen LogP contribution in [0, 0.1) is 17.3 Å². The highest BCUT2D eigenvalue weighted by atomic mass is 14.9. The summed E-state index contributed by atoms with van der Waals surface area (Å²) < 4.78 is 0. The molecule has 16 heavy (non-hydrogen) atoms. The van der Waals surface area contributed by atoms with Crippen LogP contribution in [0.1, 0.15) is 66.2 Å². The van der Waals surface area contributed by atoms with Crippen molar-refractivity contribution in [3.63, 3.8) is 0 Å². The van der Waals surface area contributed by atoms with Crippen molar-refractivity contribution in [1.29, 1.82) is 0 Å². The Morgan fingerprint density at radius 1 is 1.12 bits per heavy atom. The summed E-state index contributed by atoms with van der Waals surface area (Å²) in [4.78, 5) is 0. The smallest absolute Gasteiger partial charge is 0.00105 e. The minimum absolute atomic E-state index is 0.630. The van der Waals surface area contributed by atoms with Crippen LogP contribution in [0.4, 0.5) is 0 Å². The number of hydrogen-bond acceptors (Lipinski definition) is 1. The SMILES string of the molecule is CCCC(C)C1(CNCC(C)C)CCCC1. The molecule has 0 aromatic heterocycles. The summed E-state index contributed by atoms with van der Waals surface area (Å²) in [6, 6.07) is 0. The Morgan fingerprint density at radius 2 is 1.75 bits per heavy atom. The maximum atomic E-state index is 3.71. The fourth-order valence-electron chi connectivity index (χ4n) is 3.27. The van der Waals surface area contributed by atoms with Crippen molar-refractivity contribution >= 4 is 0 Å². The Bertz CT molecular complexity index is 180. The minimum atomic E-state index is 0.630. The molecule has 1 nitrogen and oxygen atoms in total. The molecule has 0 bridgehead atoms. The lowest BCUT2D eigenvalue weighted by Gasteiger charge is -2.36. The lowest BCUT2D eigenvalue weighted by Crippen LogP contribution is -2.38. The molecule has 0 heterocycles. The quantitative estimate of drug-likeness (QED) is 0.684. The average Bonchev–Trinajstić information content (AvgIpc) is 2.67. The highest BCUT2D eigenvalue weighted by Gasteiger charge is 2.37. The zero-order chi connectivity index (χ0) is 12.0. The zero-order valence-electron chi connectivity index (χ0n) is 11.8. The van der Waals surface area contributed by atoms with E-state index in [-0.39, 0.29) is 0 Å². The molecule has 1 rings (SSSR count). The number of nitrogens with one attached hydrogen (secondary N) is 1. The molecule has 1 unspecified atom stereocenters. The first kappa shape index (κ1) is 14.0. The lowest BCUT2D eigenvalue weighted by atomic mass is 9.72. The number of rotatable bonds is 7. The van der Waals surface area contributed by atoms with Crippen LogP contribution in [-0.2, 0) is 0 Å². The van der Waals surface area contributed by atoms with Gasteiger partial charge in [0.25, 0.3) is 0 Å². The van der Waals surface area contributed by atoms with Gasteiger partial charge < -0.3 is 5.32 Å². The Hall–Kier alpha value is -0.0400. The van der Waals surface area contributed by atoms with Gasteiger partial charge in [0, 0.05) is 6.54 Å². The van der Waals surface area contributed by atoms with Gasteiger partial charge in [-0.3, -0.25) is 0 Å². The monoisotopic (exact) mass is 225 g/mol. The molecule has 1 saturated carbocycles. The summed E-state index contributed by atoms with van der Waals surface area (Å²) in [5.74, 6) is 1.68. The molecule has 1 fully saturated rings. The summed E-state index contributed by atoms with van der Waals surface area (Å²) in [6.45, 7) is 11.8. The van der Waals surface area contributed by atoms with E-state index in [1.54, 1.807) is 0 Å². The van der Waals surface area contributed by atoms with E-state index < -0.39 is 0 Å². The second-order valence-electron chi connectivity index (χ2n) is 6.28. The van der Waals surface area contributed by atoms with Crippen LogP contribution in [-0.4, -0.2) is 13.1 Å².